The van der Waals surface area contributed by atoms with Crippen molar-refractivity contribution < 1.29 is 14.3 Å². The molecule has 9 heteroatoms. The van der Waals surface area contributed by atoms with Gasteiger partial charge in [-0.15, -0.1) is 10.2 Å². The molecule has 1 aromatic carbocycles. The van der Waals surface area contributed by atoms with Gasteiger partial charge in [0.1, 0.15) is 13.2 Å². The topological polar surface area (TPSA) is 78.9 Å². The molecule has 2 fully saturated rings. The van der Waals surface area contributed by atoms with Crippen molar-refractivity contribution in [3.05, 3.63) is 41.4 Å². The third-order valence-electron chi connectivity index (χ3n) is 5.85. The van der Waals surface area contributed by atoms with Gasteiger partial charge in [-0.2, -0.15) is 0 Å². The summed E-state index contributed by atoms with van der Waals surface area (Å²) in [7, 11) is 1.50. The Morgan fingerprint density at radius 2 is 1.91 bits per heavy atom. The summed E-state index contributed by atoms with van der Waals surface area (Å²) in [5.41, 5.74) is 1.58. The summed E-state index contributed by atoms with van der Waals surface area (Å²) in [5, 5.41) is 9.40. The maximum absolute atomic E-state index is 12.9. The smallest absolute Gasteiger partial charge is 0.249 e. The van der Waals surface area contributed by atoms with Crippen LogP contribution in [0.25, 0.3) is 11.3 Å². The number of nitrogens with zero attached hydrogens (tertiary/aromatic N) is 5. The molecular weight excluding hydrogens is 430 g/mol. The van der Waals surface area contributed by atoms with Crippen LogP contribution in [0.4, 0.5) is 5.82 Å². The van der Waals surface area contributed by atoms with Gasteiger partial charge in [0.25, 0.3) is 0 Å². The summed E-state index contributed by atoms with van der Waals surface area (Å²) >= 11 is 6.26. The summed E-state index contributed by atoms with van der Waals surface area (Å²) in [6, 6.07) is 11.6. The minimum Gasteiger partial charge on any atom is -0.375 e. The molecule has 1 aromatic heterocycles. The largest absolute Gasteiger partial charge is 0.375 e. The van der Waals surface area contributed by atoms with Gasteiger partial charge >= 0.3 is 0 Å². The second-order valence-corrected chi connectivity index (χ2v) is 8.57. The number of rotatable bonds is 7. The van der Waals surface area contributed by atoms with Crippen LogP contribution in [0.1, 0.15) is 19.3 Å². The molecular formula is C23H28ClN5O3. The molecule has 8 nitrogen and oxygen atoms in total. The van der Waals surface area contributed by atoms with Crippen molar-refractivity contribution in [3.8, 4) is 11.3 Å². The van der Waals surface area contributed by atoms with Crippen LogP contribution < -0.4 is 4.90 Å². The van der Waals surface area contributed by atoms with E-state index < -0.39 is 0 Å². The first kappa shape index (κ1) is 22.5. The predicted molar refractivity (Wildman–Crippen MR) is 122 cm³/mol. The van der Waals surface area contributed by atoms with Gasteiger partial charge in [-0.25, -0.2) is 0 Å². The van der Waals surface area contributed by atoms with Crippen LogP contribution >= 0.6 is 11.6 Å². The van der Waals surface area contributed by atoms with Crippen molar-refractivity contribution in [1.82, 2.24) is 20.0 Å². The molecule has 32 heavy (non-hydrogen) atoms. The van der Waals surface area contributed by atoms with Crippen molar-refractivity contribution in [2.75, 3.05) is 51.3 Å². The summed E-state index contributed by atoms with van der Waals surface area (Å²) in [4.78, 5) is 30.9. The molecule has 1 aliphatic heterocycles. The number of anilines is 1. The van der Waals surface area contributed by atoms with Crippen LogP contribution in [0, 0.1) is 0 Å². The Hall–Kier alpha value is -2.71. The van der Waals surface area contributed by atoms with Crippen LogP contribution in [0.15, 0.2) is 36.4 Å². The first-order chi connectivity index (χ1) is 15.6. The summed E-state index contributed by atoms with van der Waals surface area (Å²) in [5.74, 6) is 0.655. The highest BCUT2D eigenvalue weighted by molar-refractivity contribution is 6.33. The molecule has 1 saturated heterocycles. The van der Waals surface area contributed by atoms with E-state index in [1.165, 1.54) is 7.11 Å². The van der Waals surface area contributed by atoms with Gasteiger partial charge in [-0.1, -0.05) is 29.8 Å². The lowest BCUT2D eigenvalue weighted by Crippen LogP contribution is -2.46. The number of hydrogen-bond donors (Lipinski definition) is 0. The zero-order chi connectivity index (χ0) is 22.5. The van der Waals surface area contributed by atoms with Gasteiger partial charge in [0.2, 0.25) is 11.8 Å². The second kappa shape index (κ2) is 10.3. The molecule has 2 heterocycles. The molecule has 0 unspecified atom stereocenters. The van der Waals surface area contributed by atoms with Crippen LogP contribution in [0.5, 0.6) is 0 Å². The zero-order valence-corrected chi connectivity index (χ0v) is 19.0. The van der Waals surface area contributed by atoms with E-state index >= 15 is 0 Å². The number of hydrogen-bond acceptors (Lipinski definition) is 6. The molecule has 0 N–H and O–H groups in total. The second-order valence-electron chi connectivity index (χ2n) is 8.16. The van der Waals surface area contributed by atoms with Crippen molar-refractivity contribution >= 4 is 29.2 Å². The number of benzene rings is 1. The first-order valence-electron chi connectivity index (χ1n) is 11.0. The summed E-state index contributed by atoms with van der Waals surface area (Å²) in [6.07, 6.45) is 2.74. The van der Waals surface area contributed by atoms with E-state index in [2.05, 4.69) is 15.1 Å². The molecule has 2 amide bonds. The fourth-order valence-electron chi connectivity index (χ4n) is 3.96. The van der Waals surface area contributed by atoms with Crippen LogP contribution in [-0.4, -0.2) is 84.3 Å². The van der Waals surface area contributed by atoms with Gasteiger partial charge in [-0.3, -0.25) is 9.59 Å². The third-order valence-corrected chi connectivity index (χ3v) is 6.18. The van der Waals surface area contributed by atoms with E-state index in [0.29, 0.717) is 24.7 Å². The maximum atomic E-state index is 12.9. The maximum Gasteiger partial charge on any atom is 0.249 e. The molecule has 1 aliphatic carbocycles. The Morgan fingerprint density at radius 3 is 2.59 bits per heavy atom. The predicted octanol–water partition coefficient (Wildman–Crippen LogP) is 2.47. The Bertz CT molecular complexity index is 951. The molecule has 0 bridgehead atoms. The van der Waals surface area contributed by atoms with Crippen molar-refractivity contribution in [2.45, 2.75) is 25.3 Å². The average Bonchev–Trinajstić information content (AvgIpc) is 3.65. The van der Waals surface area contributed by atoms with Crippen LogP contribution in [0.2, 0.25) is 5.02 Å². The van der Waals surface area contributed by atoms with E-state index in [1.807, 2.05) is 41.3 Å². The summed E-state index contributed by atoms with van der Waals surface area (Å²) in [6.45, 7) is 2.85. The molecule has 2 aliphatic rings. The van der Waals surface area contributed by atoms with E-state index in [0.717, 1.165) is 42.9 Å². The molecule has 0 atom stereocenters. The average molecular weight is 458 g/mol. The molecule has 170 valence electrons. The highest BCUT2D eigenvalue weighted by atomic mass is 35.5. The molecule has 2 aromatic rings. The molecule has 0 spiro atoms. The fourth-order valence-corrected chi connectivity index (χ4v) is 4.19. The van der Waals surface area contributed by atoms with Crippen molar-refractivity contribution in [1.29, 1.82) is 0 Å². The molecule has 0 radical (unpaired) electrons. The normalized spacial score (nSPS) is 16.6. The number of halogens is 1. The lowest BCUT2D eigenvalue weighted by atomic mass is 10.1. The van der Waals surface area contributed by atoms with E-state index in [1.54, 1.807) is 4.90 Å². The Balaban J connectivity index is 1.36. The number of ether oxygens (including phenoxy) is 1. The highest BCUT2D eigenvalue weighted by Gasteiger charge is 2.34. The minimum atomic E-state index is -0.117. The lowest BCUT2D eigenvalue weighted by Gasteiger charge is -2.27. The van der Waals surface area contributed by atoms with E-state index in [-0.39, 0.29) is 31.0 Å². The van der Waals surface area contributed by atoms with Gasteiger partial charge < -0.3 is 19.4 Å². The van der Waals surface area contributed by atoms with Crippen molar-refractivity contribution in [3.63, 3.8) is 0 Å². The Morgan fingerprint density at radius 1 is 1.09 bits per heavy atom. The lowest BCUT2D eigenvalue weighted by molar-refractivity contribution is -0.143. The number of aromatic nitrogens is 2. The number of carbonyl (C=O) groups is 2. The summed E-state index contributed by atoms with van der Waals surface area (Å²) < 4.78 is 4.97. The zero-order valence-electron chi connectivity index (χ0n) is 18.2. The van der Waals surface area contributed by atoms with Gasteiger partial charge in [0.05, 0.1) is 10.7 Å². The van der Waals surface area contributed by atoms with Crippen LogP contribution in [-0.2, 0) is 14.3 Å². The minimum absolute atomic E-state index is 0.0108. The van der Waals surface area contributed by atoms with Crippen LogP contribution in [0.3, 0.4) is 0 Å². The number of amides is 2. The Kier molecular flexibility index (Phi) is 7.22. The van der Waals surface area contributed by atoms with Crippen molar-refractivity contribution in [2.24, 2.45) is 0 Å². The molecule has 1 saturated carbocycles. The Labute approximate surface area is 193 Å². The first-order valence-corrected chi connectivity index (χ1v) is 11.3. The third kappa shape index (κ3) is 5.37. The van der Waals surface area contributed by atoms with Gasteiger partial charge in [0.15, 0.2) is 5.82 Å². The fraction of sp³-hybridized carbons (Fsp3) is 0.478. The van der Waals surface area contributed by atoms with E-state index in [4.69, 9.17) is 16.3 Å². The monoisotopic (exact) mass is 457 g/mol. The molecule has 4 rings (SSSR count). The highest BCUT2D eigenvalue weighted by Crippen LogP contribution is 2.28. The number of carbonyl (C=O) groups excluding carboxylic acids is 2. The van der Waals surface area contributed by atoms with Gasteiger partial charge in [-0.05, 0) is 37.5 Å². The number of methoxy groups -OCH3 is 1. The SMILES string of the molecule is COCC(=O)N(CC(=O)N1CCCN(c2ccc(-c3ccccc3Cl)nn2)CC1)C1CC1. The van der Waals surface area contributed by atoms with Gasteiger partial charge in [0, 0.05) is 44.9 Å². The standard InChI is InChI=1S/C23H28ClN5O3/c1-32-16-23(31)29(17-7-8-17)15-22(30)28-12-4-11-27(13-14-28)21-10-9-20(25-26-21)18-5-2-3-6-19(18)24/h2-3,5-6,9-10,17H,4,7-8,11-16H2,1H3. The van der Waals surface area contributed by atoms with E-state index in [9.17, 15) is 9.59 Å². The quantitative estimate of drug-likeness (QED) is 0.635.